The molecular formula is C16H23FN2O. The lowest BCUT2D eigenvalue weighted by molar-refractivity contribution is 0.228. The second-order valence-corrected chi connectivity index (χ2v) is 5.74. The van der Waals surface area contributed by atoms with Gasteiger partial charge >= 0.3 is 6.03 Å². The van der Waals surface area contributed by atoms with Gasteiger partial charge in [-0.25, -0.2) is 9.18 Å². The van der Waals surface area contributed by atoms with Crippen LogP contribution in [0, 0.1) is 11.7 Å². The molecule has 1 fully saturated rings. The molecule has 0 unspecified atom stereocenters. The molecule has 1 aromatic carbocycles. The molecule has 2 amide bonds. The Kier molecular flexibility index (Phi) is 5.39. The van der Waals surface area contributed by atoms with Gasteiger partial charge in [-0.3, -0.25) is 0 Å². The largest absolute Gasteiger partial charge is 0.338 e. The molecule has 20 heavy (non-hydrogen) atoms. The summed E-state index contributed by atoms with van der Waals surface area (Å²) in [5, 5.41) is 5.85. The Morgan fingerprint density at radius 2 is 2.05 bits per heavy atom. The summed E-state index contributed by atoms with van der Waals surface area (Å²) in [6, 6.07) is 6.68. The van der Waals surface area contributed by atoms with Crippen molar-refractivity contribution >= 4 is 6.03 Å². The summed E-state index contributed by atoms with van der Waals surface area (Å²) in [5.74, 6) is 0.548. The monoisotopic (exact) mass is 278 g/mol. The molecule has 0 atom stereocenters. The second-order valence-electron chi connectivity index (χ2n) is 5.74. The Bertz CT molecular complexity index is 442. The van der Waals surface area contributed by atoms with Crippen molar-refractivity contribution in [1.82, 2.24) is 10.6 Å². The van der Waals surface area contributed by atoms with E-state index in [0.717, 1.165) is 24.3 Å². The van der Waals surface area contributed by atoms with Crippen LogP contribution in [0.4, 0.5) is 9.18 Å². The van der Waals surface area contributed by atoms with E-state index in [-0.39, 0.29) is 11.8 Å². The fourth-order valence-electron chi connectivity index (χ4n) is 2.65. The summed E-state index contributed by atoms with van der Waals surface area (Å²) in [5.41, 5.74) is 0.900. The third-order valence-electron chi connectivity index (χ3n) is 3.94. The van der Waals surface area contributed by atoms with E-state index in [0.29, 0.717) is 19.0 Å². The van der Waals surface area contributed by atoms with E-state index < -0.39 is 0 Å². The minimum atomic E-state index is -0.233. The summed E-state index contributed by atoms with van der Waals surface area (Å²) in [4.78, 5) is 11.8. The molecule has 0 heterocycles. The number of carbonyl (C=O) groups is 1. The summed E-state index contributed by atoms with van der Waals surface area (Å²) in [6.07, 6.45) is 5.16. The minimum Gasteiger partial charge on any atom is -0.338 e. The predicted octanol–water partition coefficient (Wildman–Crippen LogP) is 3.25. The first-order valence-electron chi connectivity index (χ1n) is 7.42. The van der Waals surface area contributed by atoms with Gasteiger partial charge in [-0.05, 0) is 55.7 Å². The molecule has 1 aliphatic carbocycles. The van der Waals surface area contributed by atoms with Crippen LogP contribution in [0.1, 0.15) is 38.2 Å². The lowest BCUT2D eigenvalue weighted by Gasteiger charge is -2.26. The zero-order valence-electron chi connectivity index (χ0n) is 12.0. The quantitative estimate of drug-likeness (QED) is 0.872. The summed E-state index contributed by atoms with van der Waals surface area (Å²) >= 11 is 0. The highest BCUT2D eigenvalue weighted by Gasteiger charge is 2.19. The zero-order chi connectivity index (χ0) is 14.4. The van der Waals surface area contributed by atoms with Crippen molar-refractivity contribution in [2.24, 2.45) is 5.92 Å². The first-order valence-corrected chi connectivity index (χ1v) is 7.42. The Morgan fingerprint density at radius 1 is 1.30 bits per heavy atom. The van der Waals surface area contributed by atoms with Crippen LogP contribution in [0.15, 0.2) is 24.3 Å². The number of carbonyl (C=O) groups excluding carboxylic acids is 1. The number of amides is 2. The van der Waals surface area contributed by atoms with Crippen LogP contribution in [-0.2, 0) is 6.42 Å². The van der Waals surface area contributed by atoms with E-state index in [2.05, 4.69) is 17.6 Å². The number of benzene rings is 1. The maximum atomic E-state index is 13.0. The smallest absolute Gasteiger partial charge is 0.315 e. The van der Waals surface area contributed by atoms with E-state index in [1.54, 1.807) is 6.07 Å². The van der Waals surface area contributed by atoms with Gasteiger partial charge in [0.2, 0.25) is 0 Å². The molecule has 4 heteroatoms. The van der Waals surface area contributed by atoms with Crippen molar-refractivity contribution in [3.05, 3.63) is 35.6 Å². The van der Waals surface area contributed by atoms with Gasteiger partial charge in [0.15, 0.2) is 0 Å². The summed E-state index contributed by atoms with van der Waals surface area (Å²) in [6.45, 7) is 2.79. The molecule has 1 aromatic rings. The fraction of sp³-hybridized carbons (Fsp3) is 0.562. The molecule has 2 rings (SSSR count). The maximum absolute atomic E-state index is 13.0. The van der Waals surface area contributed by atoms with Crippen molar-refractivity contribution < 1.29 is 9.18 Å². The topological polar surface area (TPSA) is 41.1 Å². The molecule has 0 spiro atoms. The van der Waals surface area contributed by atoms with Crippen LogP contribution in [-0.4, -0.2) is 18.6 Å². The molecule has 0 aliphatic heterocycles. The number of nitrogens with one attached hydrogen (secondary N) is 2. The predicted molar refractivity (Wildman–Crippen MR) is 78.1 cm³/mol. The van der Waals surface area contributed by atoms with Crippen molar-refractivity contribution in [2.45, 2.75) is 45.1 Å². The van der Waals surface area contributed by atoms with Crippen molar-refractivity contribution in [3.8, 4) is 0 Å². The number of hydrogen-bond acceptors (Lipinski definition) is 1. The lowest BCUT2D eigenvalue weighted by Crippen LogP contribution is -2.44. The summed E-state index contributed by atoms with van der Waals surface area (Å²) in [7, 11) is 0. The van der Waals surface area contributed by atoms with Crippen molar-refractivity contribution in [1.29, 1.82) is 0 Å². The molecule has 0 bridgehead atoms. The maximum Gasteiger partial charge on any atom is 0.315 e. The van der Waals surface area contributed by atoms with Crippen LogP contribution in [0.25, 0.3) is 0 Å². The third kappa shape index (κ3) is 4.83. The standard InChI is InChI=1S/C16H23FN2O/c1-12-5-7-15(8-6-12)19-16(20)18-10-9-13-3-2-4-14(17)11-13/h2-4,11-12,15H,5-10H2,1H3,(H2,18,19,20). The van der Waals surface area contributed by atoms with Crippen LogP contribution in [0.2, 0.25) is 0 Å². The van der Waals surface area contributed by atoms with E-state index in [4.69, 9.17) is 0 Å². The SMILES string of the molecule is CC1CCC(NC(=O)NCCc2cccc(F)c2)CC1. The molecule has 0 saturated heterocycles. The Labute approximate surface area is 120 Å². The van der Waals surface area contributed by atoms with Gasteiger partial charge in [0, 0.05) is 12.6 Å². The highest BCUT2D eigenvalue weighted by molar-refractivity contribution is 5.74. The third-order valence-corrected chi connectivity index (χ3v) is 3.94. The van der Waals surface area contributed by atoms with Crippen LogP contribution < -0.4 is 10.6 Å². The highest BCUT2D eigenvalue weighted by atomic mass is 19.1. The fourth-order valence-corrected chi connectivity index (χ4v) is 2.65. The van der Waals surface area contributed by atoms with E-state index in [1.807, 2.05) is 6.07 Å². The van der Waals surface area contributed by atoms with Crippen LogP contribution in [0.3, 0.4) is 0 Å². The van der Waals surface area contributed by atoms with Crippen molar-refractivity contribution in [2.75, 3.05) is 6.54 Å². The molecule has 0 aromatic heterocycles. The van der Waals surface area contributed by atoms with Crippen LogP contribution in [0.5, 0.6) is 0 Å². The molecule has 1 aliphatic rings. The molecule has 0 radical (unpaired) electrons. The van der Waals surface area contributed by atoms with Gasteiger partial charge in [-0.2, -0.15) is 0 Å². The van der Waals surface area contributed by atoms with E-state index >= 15 is 0 Å². The van der Waals surface area contributed by atoms with Crippen LogP contribution >= 0.6 is 0 Å². The number of urea groups is 1. The zero-order valence-corrected chi connectivity index (χ0v) is 12.0. The van der Waals surface area contributed by atoms with Gasteiger partial charge in [-0.15, -0.1) is 0 Å². The van der Waals surface area contributed by atoms with Crippen molar-refractivity contribution in [3.63, 3.8) is 0 Å². The molecular weight excluding hydrogens is 255 g/mol. The van der Waals surface area contributed by atoms with Gasteiger partial charge in [-0.1, -0.05) is 19.1 Å². The first-order chi connectivity index (χ1) is 9.63. The Morgan fingerprint density at radius 3 is 2.75 bits per heavy atom. The lowest BCUT2D eigenvalue weighted by atomic mass is 9.87. The highest BCUT2D eigenvalue weighted by Crippen LogP contribution is 2.23. The second kappa shape index (κ2) is 7.27. The Balaban J connectivity index is 1.65. The van der Waals surface area contributed by atoms with Gasteiger partial charge in [0.25, 0.3) is 0 Å². The molecule has 2 N–H and O–H groups in total. The number of halogens is 1. The summed E-state index contributed by atoms with van der Waals surface area (Å²) < 4.78 is 13.0. The van der Waals surface area contributed by atoms with Gasteiger partial charge < -0.3 is 10.6 Å². The average Bonchev–Trinajstić information content (AvgIpc) is 2.41. The average molecular weight is 278 g/mol. The molecule has 1 saturated carbocycles. The van der Waals surface area contributed by atoms with Gasteiger partial charge in [0.05, 0.1) is 0 Å². The first kappa shape index (κ1) is 14.8. The normalized spacial score (nSPS) is 22.3. The van der Waals surface area contributed by atoms with Gasteiger partial charge in [0.1, 0.15) is 5.82 Å². The Hall–Kier alpha value is -1.58. The molecule has 3 nitrogen and oxygen atoms in total. The minimum absolute atomic E-state index is 0.110. The molecule has 110 valence electrons. The number of hydrogen-bond donors (Lipinski definition) is 2. The van der Waals surface area contributed by atoms with E-state index in [1.165, 1.54) is 25.0 Å². The number of rotatable bonds is 4. The van der Waals surface area contributed by atoms with E-state index in [9.17, 15) is 9.18 Å².